The van der Waals surface area contributed by atoms with Crippen LogP contribution in [0.25, 0.3) is 0 Å². The maximum atomic E-state index is 12.0. The number of nitrogens with zero attached hydrogens (tertiary/aromatic N) is 1. The highest BCUT2D eigenvalue weighted by Crippen LogP contribution is 2.35. The van der Waals surface area contributed by atoms with Gasteiger partial charge >= 0.3 is 0 Å². The number of pyridine rings is 1. The second-order valence-electron chi connectivity index (χ2n) is 7.42. The average Bonchev–Trinajstić information content (AvgIpc) is 2.34. The molecule has 0 aliphatic heterocycles. The predicted molar refractivity (Wildman–Crippen MR) is 90.2 cm³/mol. The molecule has 1 atom stereocenters. The van der Waals surface area contributed by atoms with Gasteiger partial charge in [0.2, 0.25) is 0 Å². The van der Waals surface area contributed by atoms with Gasteiger partial charge in [0, 0.05) is 18.2 Å². The van der Waals surface area contributed by atoms with E-state index in [1.807, 2.05) is 12.1 Å². The molecule has 0 fully saturated rings. The molecule has 21 heavy (non-hydrogen) atoms. The third-order valence-electron chi connectivity index (χ3n) is 3.17. The van der Waals surface area contributed by atoms with Gasteiger partial charge in [0.1, 0.15) is 0 Å². The van der Waals surface area contributed by atoms with Gasteiger partial charge in [-0.05, 0) is 36.6 Å². The van der Waals surface area contributed by atoms with Crippen molar-refractivity contribution in [3.05, 3.63) is 29.6 Å². The first-order valence-corrected chi connectivity index (χ1v) is 10.5. The first-order valence-electron chi connectivity index (χ1n) is 7.76. The van der Waals surface area contributed by atoms with Crippen molar-refractivity contribution in [1.82, 2.24) is 4.98 Å². The third kappa shape index (κ3) is 5.71. The van der Waals surface area contributed by atoms with Gasteiger partial charge in [-0.2, -0.15) is 0 Å². The Kier molecular flexibility index (Phi) is 6.29. The molecule has 4 heteroatoms. The van der Waals surface area contributed by atoms with E-state index in [-0.39, 0.29) is 17.3 Å². The quantitative estimate of drug-likeness (QED) is 0.577. The first-order chi connectivity index (χ1) is 9.61. The van der Waals surface area contributed by atoms with E-state index in [0.29, 0.717) is 17.9 Å². The standard InChI is InChI=1S/C17H29NO2Si/c1-12(2)10-15(19)13-8-9-14(18-11-13)16(17(3,4)5)20-21(6)7/h8-9,11-12,16,21H,10H2,1-7H3. The highest BCUT2D eigenvalue weighted by atomic mass is 28.3. The van der Waals surface area contributed by atoms with Crippen LogP contribution in [-0.4, -0.2) is 19.8 Å². The van der Waals surface area contributed by atoms with Crippen molar-refractivity contribution in [3.63, 3.8) is 0 Å². The van der Waals surface area contributed by atoms with Crippen LogP contribution in [-0.2, 0) is 4.43 Å². The van der Waals surface area contributed by atoms with Crippen molar-refractivity contribution in [3.8, 4) is 0 Å². The summed E-state index contributed by atoms with van der Waals surface area (Å²) < 4.78 is 6.16. The van der Waals surface area contributed by atoms with Gasteiger partial charge in [0.05, 0.1) is 11.8 Å². The molecular weight excluding hydrogens is 278 g/mol. The van der Waals surface area contributed by atoms with E-state index >= 15 is 0 Å². The van der Waals surface area contributed by atoms with E-state index in [4.69, 9.17) is 4.43 Å². The van der Waals surface area contributed by atoms with Crippen molar-refractivity contribution in [1.29, 1.82) is 0 Å². The number of hydrogen-bond acceptors (Lipinski definition) is 3. The SMILES string of the molecule is CC(C)CC(=O)c1ccc(C(O[SiH](C)C)C(C)(C)C)nc1. The van der Waals surface area contributed by atoms with Crippen molar-refractivity contribution in [2.24, 2.45) is 11.3 Å². The van der Waals surface area contributed by atoms with Crippen LogP contribution >= 0.6 is 0 Å². The van der Waals surface area contributed by atoms with E-state index in [2.05, 4.69) is 52.7 Å². The number of hydrogen-bond donors (Lipinski definition) is 0. The number of aromatic nitrogens is 1. The third-order valence-corrected chi connectivity index (χ3v) is 3.98. The molecule has 0 radical (unpaired) electrons. The molecule has 0 bridgehead atoms. The van der Waals surface area contributed by atoms with Gasteiger partial charge < -0.3 is 4.43 Å². The minimum absolute atomic E-state index is 0.00622. The van der Waals surface area contributed by atoms with Gasteiger partial charge in [0.25, 0.3) is 0 Å². The maximum absolute atomic E-state index is 12.0. The smallest absolute Gasteiger partial charge is 0.171 e. The molecule has 1 heterocycles. The second-order valence-corrected chi connectivity index (χ2v) is 9.79. The zero-order valence-corrected chi connectivity index (χ0v) is 15.6. The summed E-state index contributed by atoms with van der Waals surface area (Å²) in [6, 6.07) is 3.83. The van der Waals surface area contributed by atoms with E-state index in [0.717, 1.165) is 5.69 Å². The van der Waals surface area contributed by atoms with Crippen LogP contribution in [0.5, 0.6) is 0 Å². The second kappa shape index (κ2) is 7.32. The molecule has 0 N–H and O–H groups in total. The Hall–Kier alpha value is -1.00. The Bertz CT molecular complexity index is 461. The molecule has 1 aromatic rings. The van der Waals surface area contributed by atoms with Crippen LogP contribution in [0.4, 0.5) is 0 Å². The highest BCUT2D eigenvalue weighted by Gasteiger charge is 2.29. The Morgan fingerprint density at radius 2 is 1.90 bits per heavy atom. The monoisotopic (exact) mass is 307 g/mol. The molecule has 0 spiro atoms. The summed E-state index contributed by atoms with van der Waals surface area (Å²) in [7, 11) is -1.16. The summed E-state index contributed by atoms with van der Waals surface area (Å²) in [5.74, 6) is 0.533. The number of rotatable bonds is 6. The zero-order chi connectivity index (χ0) is 16.2. The molecular formula is C17H29NO2Si. The first kappa shape index (κ1) is 18.0. The van der Waals surface area contributed by atoms with E-state index in [1.54, 1.807) is 6.20 Å². The molecule has 0 saturated heterocycles. The lowest BCUT2D eigenvalue weighted by Crippen LogP contribution is -2.26. The number of ketones is 1. The Balaban J connectivity index is 2.95. The van der Waals surface area contributed by atoms with Crippen LogP contribution in [0.15, 0.2) is 18.3 Å². The van der Waals surface area contributed by atoms with Crippen molar-refractivity contribution in [2.75, 3.05) is 0 Å². The van der Waals surface area contributed by atoms with Crippen molar-refractivity contribution < 1.29 is 9.22 Å². The molecule has 0 aliphatic rings. The molecule has 0 amide bonds. The fourth-order valence-electron chi connectivity index (χ4n) is 2.20. The van der Waals surface area contributed by atoms with Gasteiger partial charge in [0.15, 0.2) is 14.8 Å². The zero-order valence-electron chi connectivity index (χ0n) is 14.4. The summed E-state index contributed by atoms with van der Waals surface area (Å²) in [4.78, 5) is 16.5. The largest absolute Gasteiger partial charge is 0.412 e. The van der Waals surface area contributed by atoms with Crippen LogP contribution in [0.1, 0.15) is 63.2 Å². The Morgan fingerprint density at radius 1 is 1.29 bits per heavy atom. The molecule has 0 aromatic carbocycles. The molecule has 3 nitrogen and oxygen atoms in total. The Morgan fingerprint density at radius 3 is 2.29 bits per heavy atom. The van der Waals surface area contributed by atoms with Gasteiger partial charge in [-0.1, -0.05) is 34.6 Å². The van der Waals surface area contributed by atoms with Crippen molar-refractivity contribution in [2.45, 2.75) is 60.2 Å². The predicted octanol–water partition coefficient (Wildman–Crippen LogP) is 4.40. The lowest BCUT2D eigenvalue weighted by atomic mass is 9.87. The van der Waals surface area contributed by atoms with Gasteiger partial charge in [-0.3, -0.25) is 9.78 Å². The fourth-order valence-corrected chi connectivity index (χ4v) is 3.30. The summed E-state index contributed by atoms with van der Waals surface area (Å²) in [5.41, 5.74) is 1.61. The molecule has 1 aromatic heterocycles. The fraction of sp³-hybridized carbons (Fsp3) is 0.647. The number of Topliss-reactive ketones (excluding diaryl/α,β-unsaturated/α-hetero) is 1. The van der Waals surface area contributed by atoms with Crippen LogP contribution in [0.3, 0.4) is 0 Å². The minimum atomic E-state index is -1.16. The molecule has 0 aliphatic carbocycles. The van der Waals surface area contributed by atoms with E-state index in [9.17, 15) is 4.79 Å². The summed E-state index contributed by atoms with van der Waals surface area (Å²) >= 11 is 0. The normalized spacial score (nSPS) is 13.8. The lowest BCUT2D eigenvalue weighted by molar-refractivity contribution is 0.0826. The molecule has 1 rings (SSSR count). The number of carbonyl (C=O) groups excluding carboxylic acids is 1. The maximum Gasteiger partial charge on any atom is 0.171 e. The van der Waals surface area contributed by atoms with Crippen LogP contribution in [0, 0.1) is 11.3 Å². The Labute approximate surface area is 130 Å². The molecule has 1 unspecified atom stereocenters. The average molecular weight is 308 g/mol. The minimum Gasteiger partial charge on any atom is -0.412 e. The number of carbonyl (C=O) groups is 1. The summed E-state index contributed by atoms with van der Waals surface area (Å²) in [6.45, 7) is 14.9. The van der Waals surface area contributed by atoms with Gasteiger partial charge in [-0.15, -0.1) is 0 Å². The lowest BCUT2D eigenvalue weighted by Gasteiger charge is -2.32. The summed E-state index contributed by atoms with van der Waals surface area (Å²) in [5, 5.41) is 0. The topological polar surface area (TPSA) is 39.2 Å². The summed E-state index contributed by atoms with van der Waals surface area (Å²) in [6.07, 6.45) is 2.25. The molecule has 0 saturated carbocycles. The van der Waals surface area contributed by atoms with E-state index in [1.165, 1.54) is 0 Å². The van der Waals surface area contributed by atoms with E-state index < -0.39 is 9.04 Å². The van der Waals surface area contributed by atoms with Crippen LogP contribution < -0.4 is 0 Å². The highest BCUT2D eigenvalue weighted by molar-refractivity contribution is 6.48. The van der Waals surface area contributed by atoms with Gasteiger partial charge in [-0.25, -0.2) is 0 Å². The van der Waals surface area contributed by atoms with Crippen LogP contribution in [0.2, 0.25) is 13.1 Å². The molecule has 118 valence electrons. The van der Waals surface area contributed by atoms with Crippen molar-refractivity contribution >= 4 is 14.8 Å².